The molecule has 0 bridgehead atoms. The van der Waals surface area contributed by atoms with Crippen LogP contribution in [-0.2, 0) is 36.8 Å². The fraction of sp³-hybridized carbons (Fsp3) is 0.414. The number of carbonyl (C=O) groups excluding carboxylic acids is 5. The highest BCUT2D eigenvalue weighted by atomic mass is 32.2. The highest BCUT2D eigenvalue weighted by Gasteiger charge is 2.31. The molecule has 0 aromatic heterocycles. The number of nitrogens with two attached hydrogens (primary N) is 2. The SMILES string of the molecule is [2H]N[C@@H](Cc1ccc(O)cc1)C(=O)N[C@@H](C)C(=O)NCC(=O)N[C@@H](Cc1ccccc1)C(=O)N(C)[C@@H](CCSC)C(N)=O. The number of carbonyl (C=O) groups is 5. The summed E-state index contributed by atoms with van der Waals surface area (Å²) in [5.74, 6) is -2.37. The van der Waals surface area contributed by atoms with Crippen molar-refractivity contribution in [2.45, 2.75) is 50.4 Å². The minimum atomic E-state index is -1.03. The number of hydrogen-bond donors (Lipinski definition) is 6. The second-order valence-electron chi connectivity index (χ2n) is 9.83. The van der Waals surface area contributed by atoms with Gasteiger partial charge < -0.3 is 37.4 Å². The molecular weight excluding hydrogens is 560 g/mol. The van der Waals surface area contributed by atoms with E-state index in [9.17, 15) is 29.1 Å². The van der Waals surface area contributed by atoms with Crippen molar-refractivity contribution in [3.05, 3.63) is 65.7 Å². The van der Waals surface area contributed by atoms with Gasteiger partial charge in [-0.2, -0.15) is 11.8 Å². The van der Waals surface area contributed by atoms with Crippen molar-refractivity contribution >= 4 is 41.3 Å². The maximum absolute atomic E-state index is 13.4. The summed E-state index contributed by atoms with van der Waals surface area (Å²) in [6, 6.07) is 11.3. The molecule has 12 nitrogen and oxygen atoms in total. The third kappa shape index (κ3) is 11.1. The predicted octanol–water partition coefficient (Wildman–Crippen LogP) is -0.324. The lowest BCUT2D eigenvalue weighted by Crippen LogP contribution is -2.56. The Morgan fingerprint density at radius 2 is 1.62 bits per heavy atom. The molecular formula is C29H40N6O6S. The van der Waals surface area contributed by atoms with Crippen molar-refractivity contribution in [2.24, 2.45) is 11.5 Å². The van der Waals surface area contributed by atoms with E-state index < -0.39 is 60.2 Å². The van der Waals surface area contributed by atoms with E-state index in [0.717, 1.165) is 5.56 Å². The Morgan fingerprint density at radius 3 is 2.21 bits per heavy atom. The standard InChI is InChI=1S/C29H40N6O6S/c1-18(33-28(40)22(30)15-20-9-11-21(36)12-10-20)27(39)32-17-25(37)34-23(16-19-7-5-4-6-8-19)29(41)35(2)24(26(31)38)13-14-42-3/h4-12,18,22-24,36H,13-17,30H2,1-3H3,(H2,31,38)(H,32,39)(H,33,40)(H,34,37)/t18-,22-,23-,24-/m0/s1/i/hD. The number of aromatic hydroxyl groups is 1. The molecule has 0 aliphatic rings. The van der Waals surface area contributed by atoms with Crippen LogP contribution in [0, 0.1) is 0 Å². The van der Waals surface area contributed by atoms with E-state index in [0.29, 0.717) is 17.7 Å². The van der Waals surface area contributed by atoms with Crippen LogP contribution in [0.25, 0.3) is 0 Å². The Morgan fingerprint density at radius 1 is 0.976 bits per heavy atom. The van der Waals surface area contributed by atoms with Crippen molar-refractivity contribution < 1.29 is 30.5 Å². The number of thioether (sulfide) groups is 1. The van der Waals surface area contributed by atoms with Gasteiger partial charge in [0.1, 0.15) is 25.3 Å². The van der Waals surface area contributed by atoms with E-state index in [1.165, 1.54) is 42.8 Å². The molecule has 13 heteroatoms. The lowest BCUT2D eigenvalue weighted by atomic mass is 10.0. The number of likely N-dealkylation sites (N-methyl/N-ethyl adjacent to an activating group) is 1. The van der Waals surface area contributed by atoms with Crippen LogP contribution < -0.4 is 27.4 Å². The number of primary amides is 1. The Hall–Kier alpha value is -4.10. The van der Waals surface area contributed by atoms with Crippen LogP contribution in [0.2, 0.25) is 1.41 Å². The zero-order chi connectivity index (χ0) is 31.9. The lowest BCUT2D eigenvalue weighted by Gasteiger charge is -2.30. The Bertz CT molecular complexity index is 1240. The van der Waals surface area contributed by atoms with Crippen molar-refractivity contribution in [1.82, 2.24) is 20.9 Å². The van der Waals surface area contributed by atoms with Gasteiger partial charge in [0.2, 0.25) is 29.5 Å². The van der Waals surface area contributed by atoms with Gasteiger partial charge in [0, 0.05) is 13.5 Å². The Kier molecular flexibility index (Phi) is 13.1. The molecule has 2 aromatic rings. The van der Waals surface area contributed by atoms with Crippen LogP contribution in [0.3, 0.4) is 0 Å². The summed E-state index contributed by atoms with van der Waals surface area (Å²) in [5.41, 5.74) is 9.19. The van der Waals surface area contributed by atoms with Crippen molar-refractivity contribution in [1.29, 1.82) is 0 Å². The molecule has 228 valence electrons. The summed E-state index contributed by atoms with van der Waals surface area (Å²) in [5, 5.41) is 17.0. The number of benzene rings is 2. The summed E-state index contributed by atoms with van der Waals surface area (Å²) in [7, 11) is 1.47. The molecule has 0 radical (unpaired) electrons. The predicted molar refractivity (Wildman–Crippen MR) is 161 cm³/mol. The molecule has 2 rings (SSSR count). The topological polar surface area (TPSA) is 197 Å². The average Bonchev–Trinajstić information content (AvgIpc) is 2.99. The first-order valence-corrected chi connectivity index (χ1v) is 14.8. The number of hydrogen-bond acceptors (Lipinski definition) is 8. The molecule has 42 heavy (non-hydrogen) atoms. The van der Waals surface area contributed by atoms with Gasteiger partial charge in [-0.05, 0) is 55.0 Å². The number of amides is 5. The molecule has 0 unspecified atom stereocenters. The summed E-state index contributed by atoms with van der Waals surface area (Å²) in [4.78, 5) is 64.9. The molecule has 0 aliphatic carbocycles. The van der Waals surface area contributed by atoms with Gasteiger partial charge in [0.05, 0.1) is 12.6 Å². The van der Waals surface area contributed by atoms with E-state index in [1.807, 2.05) is 12.3 Å². The number of nitrogens with one attached hydrogen (secondary N) is 3. The van der Waals surface area contributed by atoms with E-state index in [2.05, 4.69) is 21.7 Å². The minimum absolute atomic E-state index is 0.0710. The lowest BCUT2D eigenvalue weighted by molar-refractivity contribution is -0.141. The maximum atomic E-state index is 13.4. The largest absolute Gasteiger partial charge is 0.508 e. The summed E-state index contributed by atoms with van der Waals surface area (Å²) in [6.45, 7) is 0.961. The average molecular weight is 602 g/mol. The van der Waals surface area contributed by atoms with Crippen LogP contribution in [0.15, 0.2) is 54.6 Å². The van der Waals surface area contributed by atoms with Crippen molar-refractivity contribution in [3.8, 4) is 5.75 Å². The Balaban J connectivity index is 2.00. The van der Waals surface area contributed by atoms with Crippen LogP contribution >= 0.6 is 11.8 Å². The number of rotatable bonds is 17. The molecule has 0 saturated heterocycles. The summed E-state index contributed by atoms with van der Waals surface area (Å²) < 4.78 is 7.49. The van der Waals surface area contributed by atoms with E-state index in [-0.39, 0.29) is 18.6 Å². The molecule has 0 heterocycles. The first-order chi connectivity index (χ1) is 20.5. The monoisotopic (exact) mass is 601 g/mol. The van der Waals surface area contributed by atoms with Crippen LogP contribution in [0.1, 0.15) is 24.5 Å². The molecule has 0 saturated carbocycles. The normalized spacial score (nSPS) is 13.9. The summed E-state index contributed by atoms with van der Waals surface area (Å²) in [6.07, 6.45) is 2.52. The van der Waals surface area contributed by atoms with Crippen LogP contribution in [-0.4, -0.2) is 89.3 Å². The van der Waals surface area contributed by atoms with Gasteiger partial charge in [-0.25, -0.2) is 0 Å². The molecule has 0 aliphatic heterocycles. The number of phenolic OH excluding ortho intramolecular Hbond substituents is 1. The van der Waals surface area contributed by atoms with Gasteiger partial charge in [0.15, 0.2) is 0 Å². The maximum Gasteiger partial charge on any atom is 0.245 e. The summed E-state index contributed by atoms with van der Waals surface area (Å²) >= 11 is 1.51. The number of phenols is 1. The fourth-order valence-corrected chi connectivity index (χ4v) is 4.57. The third-order valence-electron chi connectivity index (χ3n) is 6.52. The Labute approximate surface area is 251 Å². The van der Waals surface area contributed by atoms with Gasteiger partial charge in [-0.15, -0.1) is 0 Å². The van der Waals surface area contributed by atoms with Gasteiger partial charge in [0.25, 0.3) is 0 Å². The highest BCUT2D eigenvalue weighted by Crippen LogP contribution is 2.12. The van der Waals surface area contributed by atoms with E-state index in [4.69, 9.17) is 7.15 Å². The fourth-order valence-electron chi connectivity index (χ4n) is 4.11. The van der Waals surface area contributed by atoms with Gasteiger partial charge >= 0.3 is 0 Å². The van der Waals surface area contributed by atoms with Crippen LogP contribution in [0.5, 0.6) is 5.75 Å². The first-order valence-electron chi connectivity index (χ1n) is 13.9. The highest BCUT2D eigenvalue weighted by molar-refractivity contribution is 7.98. The van der Waals surface area contributed by atoms with Crippen molar-refractivity contribution in [2.75, 3.05) is 25.6 Å². The second-order valence-corrected chi connectivity index (χ2v) is 10.8. The zero-order valence-corrected chi connectivity index (χ0v) is 24.8. The molecule has 8 N–H and O–H groups in total. The molecule has 0 spiro atoms. The number of nitrogens with zero attached hydrogens (tertiary/aromatic N) is 1. The molecule has 2 aromatic carbocycles. The van der Waals surface area contributed by atoms with Crippen molar-refractivity contribution in [3.63, 3.8) is 0 Å². The second kappa shape index (κ2) is 17.0. The first kappa shape index (κ1) is 32.4. The van der Waals surface area contributed by atoms with Crippen LogP contribution in [0.4, 0.5) is 0 Å². The molecule has 0 fully saturated rings. The quantitative estimate of drug-likeness (QED) is 0.142. The molecule has 4 atom stereocenters. The third-order valence-corrected chi connectivity index (χ3v) is 7.17. The molecule has 5 amide bonds. The zero-order valence-electron chi connectivity index (χ0n) is 25.0. The van der Waals surface area contributed by atoms with Gasteiger partial charge in [-0.3, -0.25) is 24.0 Å². The minimum Gasteiger partial charge on any atom is -0.508 e. The van der Waals surface area contributed by atoms with E-state index in [1.54, 1.807) is 36.4 Å². The van der Waals surface area contributed by atoms with E-state index >= 15 is 0 Å². The smallest absolute Gasteiger partial charge is 0.245 e. The van der Waals surface area contributed by atoms with Gasteiger partial charge in [-0.1, -0.05) is 42.5 Å².